The lowest BCUT2D eigenvalue weighted by Crippen LogP contribution is -2.49. The molecule has 0 bridgehead atoms. The molecule has 2 aliphatic rings. The van der Waals surface area contributed by atoms with Crippen LogP contribution in [0.3, 0.4) is 0 Å². The molecule has 0 amide bonds. The van der Waals surface area contributed by atoms with Crippen molar-refractivity contribution in [3.63, 3.8) is 0 Å². The number of hydrogen-bond acceptors (Lipinski definition) is 4. The number of nitrogens with one attached hydrogen (secondary N) is 1. The smallest absolute Gasteiger partial charge is 0.0531 e. The van der Waals surface area contributed by atoms with Gasteiger partial charge in [0, 0.05) is 31.7 Å². The van der Waals surface area contributed by atoms with Gasteiger partial charge in [-0.1, -0.05) is 0 Å². The van der Waals surface area contributed by atoms with E-state index in [4.69, 9.17) is 4.74 Å². The predicted molar refractivity (Wildman–Crippen MR) is 79.6 cm³/mol. The first-order chi connectivity index (χ1) is 9.15. The highest BCUT2D eigenvalue weighted by Crippen LogP contribution is 2.33. The predicted octanol–water partition coefficient (Wildman–Crippen LogP) is 1.03. The second kappa shape index (κ2) is 7.02. The highest BCUT2D eigenvalue weighted by molar-refractivity contribution is 4.91. The van der Waals surface area contributed by atoms with Gasteiger partial charge in [0.05, 0.1) is 6.61 Å². The molecule has 2 fully saturated rings. The lowest BCUT2D eigenvalue weighted by Gasteiger charge is -2.42. The van der Waals surface area contributed by atoms with Crippen molar-refractivity contribution in [3.8, 4) is 0 Å². The first-order valence-corrected chi connectivity index (χ1v) is 7.74. The fourth-order valence-corrected chi connectivity index (χ4v) is 3.77. The maximum atomic E-state index is 5.55. The Labute approximate surface area is 118 Å². The number of rotatable bonds is 6. The van der Waals surface area contributed by atoms with Crippen LogP contribution in [0.1, 0.15) is 25.7 Å². The molecular formula is C15H31N3O. The van der Waals surface area contributed by atoms with Gasteiger partial charge in [0.1, 0.15) is 0 Å². The lowest BCUT2D eigenvalue weighted by molar-refractivity contribution is 0.0167. The van der Waals surface area contributed by atoms with E-state index in [2.05, 4.69) is 29.2 Å². The fourth-order valence-electron chi connectivity index (χ4n) is 3.77. The van der Waals surface area contributed by atoms with Crippen molar-refractivity contribution in [2.75, 3.05) is 60.5 Å². The Morgan fingerprint density at radius 2 is 2.05 bits per heavy atom. The summed E-state index contributed by atoms with van der Waals surface area (Å²) in [7, 11) is 6.23. The van der Waals surface area contributed by atoms with Crippen molar-refractivity contribution in [1.82, 2.24) is 15.1 Å². The van der Waals surface area contributed by atoms with Gasteiger partial charge in [-0.05, 0) is 59.4 Å². The van der Waals surface area contributed by atoms with Crippen LogP contribution in [0.5, 0.6) is 0 Å². The molecule has 4 heteroatoms. The van der Waals surface area contributed by atoms with Gasteiger partial charge < -0.3 is 15.0 Å². The van der Waals surface area contributed by atoms with E-state index in [1.165, 1.54) is 45.3 Å². The van der Waals surface area contributed by atoms with Crippen LogP contribution in [0.25, 0.3) is 0 Å². The molecule has 0 radical (unpaired) electrons. The maximum absolute atomic E-state index is 5.55. The molecule has 2 saturated heterocycles. The van der Waals surface area contributed by atoms with Crippen molar-refractivity contribution in [3.05, 3.63) is 0 Å². The highest BCUT2D eigenvalue weighted by Gasteiger charge is 2.37. The van der Waals surface area contributed by atoms with Crippen molar-refractivity contribution in [2.24, 2.45) is 5.41 Å². The van der Waals surface area contributed by atoms with Crippen LogP contribution in [0, 0.1) is 5.41 Å². The van der Waals surface area contributed by atoms with E-state index in [0.29, 0.717) is 5.41 Å². The number of likely N-dealkylation sites (tertiary alicyclic amines) is 1. The Bertz CT molecular complexity index is 259. The summed E-state index contributed by atoms with van der Waals surface area (Å²) in [6.07, 6.45) is 5.23. The third-order valence-electron chi connectivity index (χ3n) is 4.73. The van der Waals surface area contributed by atoms with E-state index in [-0.39, 0.29) is 0 Å². The molecule has 2 rings (SSSR count). The SMILES string of the molecule is COCC1(CN2CCCC2CN(C)C)CCNCC1. The minimum Gasteiger partial charge on any atom is -0.384 e. The Kier molecular flexibility index (Phi) is 5.63. The first kappa shape index (κ1) is 15.2. The summed E-state index contributed by atoms with van der Waals surface area (Å²) >= 11 is 0. The molecule has 0 aromatic rings. The molecule has 1 N–H and O–H groups in total. The Morgan fingerprint density at radius 1 is 1.32 bits per heavy atom. The van der Waals surface area contributed by atoms with Gasteiger partial charge in [-0.2, -0.15) is 0 Å². The van der Waals surface area contributed by atoms with E-state index in [9.17, 15) is 0 Å². The van der Waals surface area contributed by atoms with Gasteiger partial charge in [0.15, 0.2) is 0 Å². The summed E-state index contributed by atoms with van der Waals surface area (Å²) in [6.45, 7) is 6.91. The Balaban J connectivity index is 1.95. The summed E-state index contributed by atoms with van der Waals surface area (Å²) in [5.74, 6) is 0. The van der Waals surface area contributed by atoms with Crippen molar-refractivity contribution >= 4 is 0 Å². The topological polar surface area (TPSA) is 27.7 Å². The van der Waals surface area contributed by atoms with Gasteiger partial charge in [-0.3, -0.25) is 4.90 Å². The van der Waals surface area contributed by atoms with E-state index in [0.717, 1.165) is 25.7 Å². The summed E-state index contributed by atoms with van der Waals surface area (Å²) in [5.41, 5.74) is 0.384. The van der Waals surface area contributed by atoms with E-state index >= 15 is 0 Å². The zero-order chi connectivity index (χ0) is 13.7. The largest absolute Gasteiger partial charge is 0.384 e. The third kappa shape index (κ3) is 4.15. The third-order valence-corrected chi connectivity index (χ3v) is 4.73. The van der Waals surface area contributed by atoms with Crippen LogP contribution in [0.4, 0.5) is 0 Å². The first-order valence-electron chi connectivity index (χ1n) is 7.74. The molecule has 2 heterocycles. The monoisotopic (exact) mass is 269 g/mol. The second-order valence-corrected chi connectivity index (χ2v) is 6.71. The van der Waals surface area contributed by atoms with Gasteiger partial charge in [0.2, 0.25) is 0 Å². The summed E-state index contributed by atoms with van der Waals surface area (Å²) in [6, 6.07) is 0.749. The zero-order valence-electron chi connectivity index (χ0n) is 13.0. The molecule has 0 spiro atoms. The quantitative estimate of drug-likeness (QED) is 0.779. The van der Waals surface area contributed by atoms with E-state index in [1.54, 1.807) is 0 Å². The number of nitrogens with zero attached hydrogens (tertiary/aromatic N) is 2. The van der Waals surface area contributed by atoms with Crippen LogP contribution >= 0.6 is 0 Å². The second-order valence-electron chi connectivity index (χ2n) is 6.71. The summed E-state index contributed by atoms with van der Waals surface area (Å²) < 4.78 is 5.55. The Hall–Kier alpha value is -0.160. The minimum atomic E-state index is 0.384. The van der Waals surface area contributed by atoms with Crippen LogP contribution in [0.15, 0.2) is 0 Å². The summed E-state index contributed by atoms with van der Waals surface area (Å²) in [5, 5.41) is 3.48. The van der Waals surface area contributed by atoms with Gasteiger partial charge >= 0.3 is 0 Å². The van der Waals surface area contributed by atoms with Crippen LogP contribution in [0.2, 0.25) is 0 Å². The number of hydrogen-bond donors (Lipinski definition) is 1. The number of likely N-dealkylation sites (N-methyl/N-ethyl adjacent to an activating group) is 1. The number of ether oxygens (including phenoxy) is 1. The molecule has 1 unspecified atom stereocenters. The minimum absolute atomic E-state index is 0.384. The van der Waals surface area contributed by atoms with Crippen LogP contribution in [-0.2, 0) is 4.74 Å². The van der Waals surface area contributed by atoms with Crippen LogP contribution < -0.4 is 5.32 Å². The van der Waals surface area contributed by atoms with Gasteiger partial charge in [0.25, 0.3) is 0 Å². The standard InChI is InChI=1S/C15H31N3O/c1-17(2)11-14-5-4-10-18(14)12-15(13-19-3)6-8-16-9-7-15/h14,16H,4-13H2,1-3H3. The van der Waals surface area contributed by atoms with Crippen molar-refractivity contribution in [1.29, 1.82) is 0 Å². The molecule has 0 aliphatic carbocycles. The van der Waals surface area contributed by atoms with Crippen molar-refractivity contribution < 1.29 is 4.74 Å². The Morgan fingerprint density at radius 3 is 2.68 bits per heavy atom. The number of methoxy groups -OCH3 is 1. The van der Waals surface area contributed by atoms with Crippen molar-refractivity contribution in [2.45, 2.75) is 31.7 Å². The molecule has 19 heavy (non-hydrogen) atoms. The summed E-state index contributed by atoms with van der Waals surface area (Å²) in [4.78, 5) is 5.05. The van der Waals surface area contributed by atoms with Gasteiger partial charge in [-0.25, -0.2) is 0 Å². The van der Waals surface area contributed by atoms with E-state index < -0.39 is 0 Å². The number of piperidine rings is 1. The normalized spacial score (nSPS) is 28.1. The highest BCUT2D eigenvalue weighted by atomic mass is 16.5. The molecule has 2 aliphatic heterocycles. The molecule has 0 aromatic carbocycles. The molecule has 112 valence electrons. The molecule has 4 nitrogen and oxygen atoms in total. The average Bonchev–Trinajstić information content (AvgIpc) is 2.77. The molecule has 0 saturated carbocycles. The molecule has 0 aromatic heterocycles. The fraction of sp³-hybridized carbons (Fsp3) is 1.00. The zero-order valence-corrected chi connectivity index (χ0v) is 13.0. The molecule has 1 atom stereocenters. The van der Waals surface area contributed by atoms with E-state index in [1.807, 2.05) is 7.11 Å². The van der Waals surface area contributed by atoms with Gasteiger partial charge in [-0.15, -0.1) is 0 Å². The lowest BCUT2D eigenvalue weighted by atomic mass is 9.79. The molecular weight excluding hydrogens is 238 g/mol. The van der Waals surface area contributed by atoms with Crippen LogP contribution in [-0.4, -0.2) is 76.4 Å². The maximum Gasteiger partial charge on any atom is 0.0531 e. The average molecular weight is 269 g/mol.